The van der Waals surface area contributed by atoms with E-state index < -0.39 is 6.10 Å². The average Bonchev–Trinajstić information content (AvgIpc) is 3.25. The number of esters is 2. The Morgan fingerprint density at radius 3 is 1.17 bits per heavy atom. The minimum Gasteiger partial charge on any atom is -0.462 e. The summed E-state index contributed by atoms with van der Waals surface area (Å²) in [6.45, 7) is 7.64. The third kappa shape index (κ3) is 48.3. The van der Waals surface area contributed by atoms with Crippen molar-refractivity contribution in [1.82, 2.24) is 0 Å². The van der Waals surface area contributed by atoms with E-state index in [1.54, 1.807) is 0 Å². The number of carbonyl (C=O) groups excluding carboxylic acids is 2. The molecule has 0 aromatic heterocycles. The first-order valence-corrected chi connectivity index (χ1v) is 25.8. The quantitative estimate of drug-likeness (QED) is 0.0347. The first-order chi connectivity index (χ1) is 29.6. The smallest absolute Gasteiger partial charge is 0.306 e. The van der Waals surface area contributed by atoms with Gasteiger partial charge in [-0.25, -0.2) is 0 Å². The van der Waals surface area contributed by atoms with E-state index in [2.05, 4.69) is 81.5 Å². The monoisotopic (exact) mass is 839 g/mol. The Labute approximate surface area is 373 Å². The highest BCUT2D eigenvalue weighted by Gasteiger charge is 2.17. The Morgan fingerprint density at radius 2 is 0.750 bits per heavy atom. The van der Waals surface area contributed by atoms with Crippen molar-refractivity contribution in [2.24, 2.45) is 0 Å². The molecule has 5 nitrogen and oxygen atoms in total. The maximum absolute atomic E-state index is 12.8. The molecule has 0 saturated heterocycles. The van der Waals surface area contributed by atoms with Gasteiger partial charge in [0.05, 0.1) is 6.61 Å². The largest absolute Gasteiger partial charge is 0.462 e. The van der Waals surface area contributed by atoms with Crippen LogP contribution in [0, 0.1) is 0 Å². The summed E-state index contributed by atoms with van der Waals surface area (Å²) >= 11 is 0. The number of allylic oxidation sites excluding steroid dienone is 10. The molecular formula is C55H98O5. The zero-order valence-corrected chi connectivity index (χ0v) is 40.0. The van der Waals surface area contributed by atoms with Gasteiger partial charge in [-0.15, -0.1) is 0 Å². The maximum Gasteiger partial charge on any atom is 0.306 e. The molecule has 0 heterocycles. The van der Waals surface area contributed by atoms with Gasteiger partial charge in [0.15, 0.2) is 6.10 Å². The second-order valence-electron chi connectivity index (χ2n) is 17.1. The first-order valence-electron chi connectivity index (χ1n) is 25.8. The van der Waals surface area contributed by atoms with Crippen LogP contribution < -0.4 is 0 Å². The number of ether oxygens (including phenoxy) is 3. The Bertz CT molecular complexity index is 1040. The zero-order chi connectivity index (χ0) is 43.5. The van der Waals surface area contributed by atoms with Gasteiger partial charge in [-0.2, -0.15) is 0 Å². The van der Waals surface area contributed by atoms with Gasteiger partial charge in [0, 0.05) is 19.4 Å². The van der Waals surface area contributed by atoms with E-state index in [-0.39, 0.29) is 25.2 Å². The molecule has 0 aromatic carbocycles. The van der Waals surface area contributed by atoms with E-state index in [9.17, 15) is 9.59 Å². The molecule has 0 aromatic rings. The predicted molar refractivity (Wildman–Crippen MR) is 261 cm³/mol. The van der Waals surface area contributed by atoms with Crippen LogP contribution in [0.5, 0.6) is 0 Å². The molecule has 348 valence electrons. The molecule has 0 N–H and O–H groups in total. The predicted octanol–water partition coefficient (Wildman–Crippen LogP) is 17.3. The van der Waals surface area contributed by atoms with E-state index in [0.29, 0.717) is 19.4 Å². The molecular weight excluding hydrogens is 741 g/mol. The minimum atomic E-state index is -0.554. The SMILES string of the molecule is CC/C=C\C/C=C\C/C=C\C/C=C\C/C=C\CCCCOCC(COC(=O)CCCCCCCCCCCCCCCCC)OC(=O)CCCCCCCCCCCCC. The van der Waals surface area contributed by atoms with Gasteiger partial charge in [0.1, 0.15) is 6.61 Å². The number of hydrogen-bond acceptors (Lipinski definition) is 5. The lowest BCUT2D eigenvalue weighted by Gasteiger charge is -2.18. The lowest BCUT2D eigenvalue weighted by atomic mass is 10.0. The summed E-state index contributed by atoms with van der Waals surface area (Å²) in [5.41, 5.74) is 0. The fourth-order valence-electron chi connectivity index (χ4n) is 7.24. The van der Waals surface area contributed by atoms with Crippen molar-refractivity contribution in [3.63, 3.8) is 0 Å². The summed E-state index contributed by atoms with van der Waals surface area (Å²) in [7, 11) is 0. The molecule has 5 heteroatoms. The molecule has 0 fully saturated rings. The highest BCUT2D eigenvalue weighted by Crippen LogP contribution is 2.15. The molecule has 0 aliphatic heterocycles. The van der Waals surface area contributed by atoms with E-state index in [1.807, 2.05) is 0 Å². The maximum atomic E-state index is 12.8. The second kappa shape index (κ2) is 51.0. The van der Waals surface area contributed by atoms with E-state index >= 15 is 0 Å². The van der Waals surface area contributed by atoms with Crippen LogP contribution in [-0.4, -0.2) is 37.9 Å². The number of carbonyl (C=O) groups is 2. The van der Waals surface area contributed by atoms with Crippen molar-refractivity contribution in [2.75, 3.05) is 19.8 Å². The van der Waals surface area contributed by atoms with Crippen LogP contribution in [0.25, 0.3) is 0 Å². The van der Waals surface area contributed by atoms with Crippen molar-refractivity contribution in [1.29, 1.82) is 0 Å². The highest BCUT2D eigenvalue weighted by molar-refractivity contribution is 5.70. The average molecular weight is 839 g/mol. The van der Waals surface area contributed by atoms with E-state index in [0.717, 1.165) is 77.0 Å². The molecule has 0 radical (unpaired) electrons. The third-order valence-corrected chi connectivity index (χ3v) is 11.1. The highest BCUT2D eigenvalue weighted by atomic mass is 16.6. The summed E-state index contributed by atoms with van der Waals surface area (Å²) in [6, 6.07) is 0. The van der Waals surface area contributed by atoms with Crippen LogP contribution in [-0.2, 0) is 23.8 Å². The van der Waals surface area contributed by atoms with Crippen molar-refractivity contribution in [2.45, 2.75) is 258 Å². The van der Waals surface area contributed by atoms with Crippen LogP contribution >= 0.6 is 0 Å². The van der Waals surface area contributed by atoms with Crippen LogP contribution in [0.3, 0.4) is 0 Å². The molecule has 0 aliphatic rings. The van der Waals surface area contributed by atoms with Gasteiger partial charge in [-0.3, -0.25) is 9.59 Å². The second-order valence-corrected chi connectivity index (χ2v) is 17.1. The van der Waals surface area contributed by atoms with E-state index in [4.69, 9.17) is 14.2 Å². The van der Waals surface area contributed by atoms with Crippen LogP contribution in [0.2, 0.25) is 0 Å². The molecule has 0 rings (SSSR count). The third-order valence-electron chi connectivity index (χ3n) is 11.1. The molecule has 0 amide bonds. The lowest BCUT2D eigenvalue weighted by molar-refractivity contribution is -0.163. The van der Waals surface area contributed by atoms with Crippen molar-refractivity contribution in [3.8, 4) is 0 Å². The fourth-order valence-corrected chi connectivity index (χ4v) is 7.24. The summed E-state index contributed by atoms with van der Waals surface area (Å²) in [5.74, 6) is -0.412. The normalized spacial score (nSPS) is 12.7. The molecule has 1 atom stereocenters. The fraction of sp³-hybridized carbons (Fsp3) is 0.782. The first kappa shape index (κ1) is 57.6. The number of rotatable bonds is 47. The minimum absolute atomic E-state index is 0.0710. The van der Waals surface area contributed by atoms with Crippen LogP contribution in [0.1, 0.15) is 252 Å². The summed E-state index contributed by atoms with van der Waals surface area (Å²) in [4.78, 5) is 25.3. The number of unbranched alkanes of at least 4 members (excludes halogenated alkanes) is 26. The van der Waals surface area contributed by atoms with Gasteiger partial charge < -0.3 is 14.2 Å². The van der Waals surface area contributed by atoms with Gasteiger partial charge in [0.25, 0.3) is 0 Å². The Balaban J connectivity index is 4.30. The van der Waals surface area contributed by atoms with Gasteiger partial charge in [-0.1, -0.05) is 236 Å². The molecule has 0 bridgehead atoms. The summed E-state index contributed by atoms with van der Waals surface area (Å²) < 4.78 is 17.3. The summed E-state index contributed by atoms with van der Waals surface area (Å²) in [6.07, 6.45) is 63.7. The van der Waals surface area contributed by atoms with Gasteiger partial charge in [-0.05, 0) is 64.2 Å². The molecule has 1 unspecified atom stereocenters. The molecule has 0 aliphatic carbocycles. The molecule has 60 heavy (non-hydrogen) atoms. The Morgan fingerprint density at radius 1 is 0.383 bits per heavy atom. The van der Waals surface area contributed by atoms with Crippen molar-refractivity contribution < 1.29 is 23.8 Å². The Kier molecular flexibility index (Phi) is 48.9. The molecule has 0 spiro atoms. The number of hydrogen-bond donors (Lipinski definition) is 0. The summed E-state index contributed by atoms with van der Waals surface area (Å²) in [5, 5.41) is 0. The van der Waals surface area contributed by atoms with Crippen molar-refractivity contribution in [3.05, 3.63) is 60.8 Å². The van der Waals surface area contributed by atoms with Crippen molar-refractivity contribution >= 4 is 11.9 Å². The molecule has 0 saturated carbocycles. The van der Waals surface area contributed by atoms with Crippen LogP contribution in [0.15, 0.2) is 60.8 Å². The lowest BCUT2D eigenvalue weighted by Crippen LogP contribution is -2.30. The van der Waals surface area contributed by atoms with Gasteiger partial charge >= 0.3 is 11.9 Å². The standard InChI is InChI=1S/C55H98O5/c1-4-7-10-13-16-19-22-24-26-27-28-30-32-35-38-41-44-47-50-58-51-53(60-55(57)49-46-43-40-37-33-21-18-15-12-9-6-3)52-59-54(56)48-45-42-39-36-34-31-29-25-23-20-17-14-11-8-5-2/h7,10,16,19,24,26,28,30,35,38,53H,4-6,8-9,11-15,17-18,20-23,25,27,29,31-34,36-37,39-52H2,1-3H3/b10-7-,19-16-,26-24-,30-28-,38-35-. The van der Waals surface area contributed by atoms with Gasteiger partial charge in [0.2, 0.25) is 0 Å². The van der Waals surface area contributed by atoms with Crippen LogP contribution in [0.4, 0.5) is 0 Å². The Hall–Kier alpha value is -2.40. The van der Waals surface area contributed by atoms with E-state index in [1.165, 1.54) is 141 Å². The zero-order valence-electron chi connectivity index (χ0n) is 40.0. The topological polar surface area (TPSA) is 61.8 Å².